The van der Waals surface area contributed by atoms with Crippen LogP contribution in [-0.2, 0) is 6.54 Å². The van der Waals surface area contributed by atoms with Crippen LogP contribution in [0, 0.1) is 12.8 Å². The average molecular weight is 200 g/mol. The smallest absolute Gasteiger partial charge is 0.0814 e. The van der Waals surface area contributed by atoms with E-state index >= 15 is 0 Å². The zero-order valence-electron chi connectivity index (χ0n) is 7.76. The highest BCUT2D eigenvalue weighted by molar-refractivity contribution is 6.31. The van der Waals surface area contributed by atoms with Crippen LogP contribution in [0.5, 0.6) is 0 Å². The lowest BCUT2D eigenvalue weighted by Crippen LogP contribution is -2.42. The summed E-state index contributed by atoms with van der Waals surface area (Å²) in [5, 5.41) is 8.33. The van der Waals surface area contributed by atoms with Gasteiger partial charge < -0.3 is 5.32 Å². The number of aryl methyl sites for hydroxylation is 2. The Morgan fingerprint density at radius 3 is 2.92 bits per heavy atom. The molecule has 1 saturated heterocycles. The molecule has 1 aromatic heterocycles. The van der Waals surface area contributed by atoms with E-state index in [9.17, 15) is 0 Å². The molecule has 0 atom stereocenters. The molecule has 3 nitrogen and oxygen atoms in total. The first-order chi connectivity index (χ1) is 6.25. The molecule has 1 N–H and O–H groups in total. The largest absolute Gasteiger partial charge is 0.316 e. The SMILES string of the molecule is Cc1nn(CCC2CNC2)cc1Cl. The number of halogens is 1. The predicted molar refractivity (Wildman–Crippen MR) is 53.0 cm³/mol. The van der Waals surface area contributed by atoms with Gasteiger partial charge in [0.05, 0.1) is 10.7 Å². The van der Waals surface area contributed by atoms with Gasteiger partial charge in [0.15, 0.2) is 0 Å². The number of rotatable bonds is 3. The van der Waals surface area contributed by atoms with Crippen molar-refractivity contribution in [1.29, 1.82) is 0 Å². The third kappa shape index (κ3) is 2.03. The standard InChI is InChI=1S/C9H14ClN3/c1-7-9(10)6-13(12-7)3-2-8-4-11-5-8/h6,8,11H,2-5H2,1H3. The van der Waals surface area contributed by atoms with Gasteiger partial charge in [-0.2, -0.15) is 5.10 Å². The molecule has 0 unspecified atom stereocenters. The second-order valence-electron chi connectivity index (χ2n) is 3.64. The molecule has 0 radical (unpaired) electrons. The van der Waals surface area contributed by atoms with Gasteiger partial charge in [0.1, 0.15) is 0 Å². The number of nitrogens with zero attached hydrogens (tertiary/aromatic N) is 2. The Morgan fingerprint density at radius 2 is 2.46 bits per heavy atom. The van der Waals surface area contributed by atoms with Crippen LogP contribution in [-0.4, -0.2) is 22.9 Å². The molecule has 4 heteroatoms. The predicted octanol–water partition coefficient (Wildman–Crippen LogP) is 1.45. The van der Waals surface area contributed by atoms with E-state index in [4.69, 9.17) is 11.6 Å². The highest BCUT2D eigenvalue weighted by atomic mass is 35.5. The van der Waals surface area contributed by atoms with Gasteiger partial charge >= 0.3 is 0 Å². The minimum Gasteiger partial charge on any atom is -0.316 e. The molecule has 0 aliphatic carbocycles. The third-order valence-electron chi connectivity index (χ3n) is 2.52. The maximum atomic E-state index is 5.90. The average Bonchev–Trinajstić information content (AvgIpc) is 2.28. The monoisotopic (exact) mass is 199 g/mol. The normalized spacial score (nSPS) is 17.4. The zero-order valence-corrected chi connectivity index (χ0v) is 8.51. The van der Waals surface area contributed by atoms with E-state index < -0.39 is 0 Å². The van der Waals surface area contributed by atoms with Gasteiger partial charge in [-0.05, 0) is 32.4 Å². The Labute approximate surface area is 83.1 Å². The molecule has 1 fully saturated rings. The summed E-state index contributed by atoms with van der Waals surface area (Å²) < 4.78 is 1.94. The van der Waals surface area contributed by atoms with Crippen molar-refractivity contribution in [3.05, 3.63) is 16.9 Å². The van der Waals surface area contributed by atoms with Gasteiger partial charge in [-0.15, -0.1) is 0 Å². The Morgan fingerprint density at radius 1 is 1.69 bits per heavy atom. The van der Waals surface area contributed by atoms with Crippen LogP contribution in [0.4, 0.5) is 0 Å². The summed E-state index contributed by atoms with van der Waals surface area (Å²) in [5.74, 6) is 0.836. The molecule has 0 saturated carbocycles. The van der Waals surface area contributed by atoms with Crippen LogP contribution in [0.25, 0.3) is 0 Å². The van der Waals surface area contributed by atoms with Crippen LogP contribution >= 0.6 is 11.6 Å². The molecule has 2 rings (SSSR count). The Kier molecular flexibility index (Phi) is 2.56. The summed E-state index contributed by atoms with van der Waals surface area (Å²) in [6.07, 6.45) is 3.10. The Bertz CT molecular complexity index is 272. The zero-order chi connectivity index (χ0) is 9.26. The number of hydrogen-bond donors (Lipinski definition) is 1. The second kappa shape index (κ2) is 3.68. The Hall–Kier alpha value is -0.540. The van der Waals surface area contributed by atoms with Gasteiger partial charge in [-0.25, -0.2) is 0 Å². The molecule has 0 bridgehead atoms. The molecule has 1 aromatic rings. The van der Waals surface area contributed by atoms with Crippen LogP contribution in [0.3, 0.4) is 0 Å². The molecule has 0 aromatic carbocycles. The highest BCUT2D eigenvalue weighted by Crippen LogP contribution is 2.14. The van der Waals surface area contributed by atoms with Gasteiger partial charge in [0.25, 0.3) is 0 Å². The van der Waals surface area contributed by atoms with Gasteiger partial charge in [-0.3, -0.25) is 4.68 Å². The van der Waals surface area contributed by atoms with Crippen molar-refractivity contribution in [2.45, 2.75) is 19.9 Å². The van der Waals surface area contributed by atoms with Gasteiger partial charge in [0, 0.05) is 12.7 Å². The number of nitrogens with one attached hydrogen (secondary N) is 1. The minimum absolute atomic E-state index is 0.770. The second-order valence-corrected chi connectivity index (χ2v) is 4.05. The molecule has 13 heavy (non-hydrogen) atoms. The van der Waals surface area contributed by atoms with Crippen LogP contribution in [0.15, 0.2) is 6.20 Å². The Balaban J connectivity index is 1.86. The lowest BCUT2D eigenvalue weighted by atomic mass is 10.00. The van der Waals surface area contributed by atoms with E-state index in [1.54, 1.807) is 0 Å². The first-order valence-corrected chi connectivity index (χ1v) is 5.04. The van der Waals surface area contributed by atoms with E-state index in [1.165, 1.54) is 6.42 Å². The molecule has 1 aliphatic heterocycles. The van der Waals surface area contributed by atoms with E-state index in [0.717, 1.165) is 36.3 Å². The molecule has 1 aliphatic rings. The summed E-state index contributed by atoms with van der Waals surface area (Å²) in [4.78, 5) is 0. The molecular formula is C9H14ClN3. The molecule has 72 valence electrons. The fourth-order valence-corrected chi connectivity index (χ4v) is 1.63. The van der Waals surface area contributed by atoms with Crippen molar-refractivity contribution in [2.75, 3.05) is 13.1 Å². The summed E-state index contributed by atoms with van der Waals surface area (Å²) in [7, 11) is 0. The quantitative estimate of drug-likeness (QED) is 0.799. The van der Waals surface area contributed by atoms with Crippen molar-refractivity contribution in [3.8, 4) is 0 Å². The highest BCUT2D eigenvalue weighted by Gasteiger charge is 2.16. The van der Waals surface area contributed by atoms with E-state index in [0.29, 0.717) is 0 Å². The van der Waals surface area contributed by atoms with E-state index in [1.807, 2.05) is 17.8 Å². The summed E-state index contributed by atoms with van der Waals surface area (Å²) in [6, 6.07) is 0. The first kappa shape index (κ1) is 9.03. The van der Waals surface area contributed by atoms with Gasteiger partial charge in [0.2, 0.25) is 0 Å². The van der Waals surface area contributed by atoms with Crippen molar-refractivity contribution in [2.24, 2.45) is 5.92 Å². The first-order valence-electron chi connectivity index (χ1n) is 4.66. The van der Waals surface area contributed by atoms with Crippen molar-refractivity contribution < 1.29 is 0 Å². The van der Waals surface area contributed by atoms with Crippen molar-refractivity contribution >= 4 is 11.6 Å². The van der Waals surface area contributed by atoms with Crippen molar-refractivity contribution in [3.63, 3.8) is 0 Å². The number of aromatic nitrogens is 2. The molecular weight excluding hydrogens is 186 g/mol. The number of hydrogen-bond acceptors (Lipinski definition) is 2. The molecule has 0 amide bonds. The van der Waals surface area contributed by atoms with Crippen LogP contribution in [0.2, 0.25) is 5.02 Å². The van der Waals surface area contributed by atoms with Crippen LogP contribution < -0.4 is 5.32 Å². The van der Waals surface area contributed by atoms with E-state index in [2.05, 4.69) is 10.4 Å². The third-order valence-corrected chi connectivity index (χ3v) is 2.89. The lowest BCUT2D eigenvalue weighted by molar-refractivity contribution is 0.307. The maximum absolute atomic E-state index is 5.90. The summed E-state index contributed by atoms with van der Waals surface area (Å²) in [6.45, 7) is 5.24. The van der Waals surface area contributed by atoms with Crippen molar-refractivity contribution in [1.82, 2.24) is 15.1 Å². The minimum atomic E-state index is 0.770. The summed E-state index contributed by atoms with van der Waals surface area (Å²) >= 11 is 5.90. The molecule has 2 heterocycles. The molecule has 0 spiro atoms. The topological polar surface area (TPSA) is 29.9 Å². The lowest BCUT2D eigenvalue weighted by Gasteiger charge is -2.26. The summed E-state index contributed by atoms with van der Waals surface area (Å²) in [5.41, 5.74) is 0.924. The van der Waals surface area contributed by atoms with E-state index in [-0.39, 0.29) is 0 Å². The van der Waals surface area contributed by atoms with Crippen LogP contribution in [0.1, 0.15) is 12.1 Å². The van der Waals surface area contributed by atoms with Gasteiger partial charge in [-0.1, -0.05) is 11.6 Å². The fourth-order valence-electron chi connectivity index (χ4n) is 1.48. The fraction of sp³-hybridized carbons (Fsp3) is 0.667. The maximum Gasteiger partial charge on any atom is 0.0814 e.